The Morgan fingerprint density at radius 1 is 1.32 bits per heavy atom. The van der Waals surface area contributed by atoms with Crippen molar-refractivity contribution in [2.24, 2.45) is 5.92 Å². The van der Waals surface area contributed by atoms with Gasteiger partial charge in [-0.15, -0.1) is 11.3 Å². The van der Waals surface area contributed by atoms with Crippen LogP contribution in [0.3, 0.4) is 0 Å². The first-order chi connectivity index (χ1) is 9.22. The van der Waals surface area contributed by atoms with Crippen LogP contribution in [0.25, 0.3) is 11.3 Å². The Balaban J connectivity index is 1.70. The Bertz CT molecular complexity index is 558. The van der Waals surface area contributed by atoms with Gasteiger partial charge in [0.1, 0.15) is 5.01 Å². The molecule has 0 amide bonds. The van der Waals surface area contributed by atoms with Gasteiger partial charge >= 0.3 is 0 Å². The summed E-state index contributed by atoms with van der Waals surface area (Å²) in [5.41, 5.74) is 2.23. The van der Waals surface area contributed by atoms with E-state index in [0.29, 0.717) is 0 Å². The summed E-state index contributed by atoms with van der Waals surface area (Å²) in [7, 11) is 0. The topological polar surface area (TPSA) is 24.9 Å². The number of hydrogen-bond acceptors (Lipinski definition) is 3. The molecule has 0 bridgehead atoms. The highest BCUT2D eigenvalue weighted by Crippen LogP contribution is 2.29. The normalized spacial score (nSPS) is 14.8. The van der Waals surface area contributed by atoms with E-state index in [1.165, 1.54) is 22.7 Å². The van der Waals surface area contributed by atoms with Crippen molar-refractivity contribution < 1.29 is 0 Å². The Hall–Kier alpha value is -0.900. The first-order valence-corrected chi connectivity index (χ1v) is 7.85. The van der Waals surface area contributed by atoms with Crippen LogP contribution in [-0.2, 0) is 6.54 Å². The SMILES string of the molecule is Cc1sc(CNCC2CC2)nc1-c1ccc(Cl)cc1. The molecule has 1 aromatic heterocycles. The molecule has 1 saturated carbocycles. The highest BCUT2D eigenvalue weighted by atomic mass is 35.5. The predicted molar refractivity (Wildman–Crippen MR) is 81.7 cm³/mol. The fourth-order valence-corrected chi connectivity index (χ4v) is 3.16. The lowest BCUT2D eigenvalue weighted by Gasteiger charge is -2.00. The predicted octanol–water partition coefficient (Wildman–Crippen LogP) is 4.27. The lowest BCUT2D eigenvalue weighted by Crippen LogP contribution is -2.15. The van der Waals surface area contributed by atoms with Crippen LogP contribution < -0.4 is 5.32 Å². The maximum atomic E-state index is 5.92. The quantitative estimate of drug-likeness (QED) is 0.890. The molecular weight excluding hydrogens is 276 g/mol. The zero-order chi connectivity index (χ0) is 13.2. The van der Waals surface area contributed by atoms with Gasteiger partial charge in [0.15, 0.2) is 0 Å². The van der Waals surface area contributed by atoms with Gasteiger partial charge < -0.3 is 5.32 Å². The average molecular weight is 293 g/mol. The lowest BCUT2D eigenvalue weighted by molar-refractivity contribution is 0.637. The van der Waals surface area contributed by atoms with Crippen molar-refractivity contribution in [3.63, 3.8) is 0 Å². The molecule has 0 unspecified atom stereocenters. The second kappa shape index (κ2) is 5.61. The summed E-state index contributed by atoms with van der Waals surface area (Å²) in [6.07, 6.45) is 2.78. The van der Waals surface area contributed by atoms with Gasteiger partial charge in [0.05, 0.1) is 5.69 Å². The Labute approximate surface area is 122 Å². The van der Waals surface area contributed by atoms with Crippen molar-refractivity contribution in [1.29, 1.82) is 0 Å². The number of nitrogens with one attached hydrogen (secondary N) is 1. The number of hydrogen-bond donors (Lipinski definition) is 1. The van der Waals surface area contributed by atoms with Gasteiger partial charge in [-0.25, -0.2) is 4.98 Å². The molecule has 100 valence electrons. The molecule has 2 nitrogen and oxygen atoms in total. The zero-order valence-corrected chi connectivity index (χ0v) is 12.5. The monoisotopic (exact) mass is 292 g/mol. The largest absolute Gasteiger partial charge is 0.310 e. The van der Waals surface area contributed by atoms with Gasteiger partial charge in [-0.05, 0) is 44.4 Å². The number of nitrogens with zero attached hydrogens (tertiary/aromatic N) is 1. The summed E-state index contributed by atoms with van der Waals surface area (Å²) in [5, 5.41) is 5.43. The molecule has 2 aromatic rings. The number of halogens is 1. The Kier molecular flexibility index (Phi) is 3.87. The second-order valence-electron chi connectivity index (χ2n) is 5.09. The fourth-order valence-electron chi connectivity index (χ4n) is 2.11. The van der Waals surface area contributed by atoms with Crippen LogP contribution in [0.4, 0.5) is 0 Å². The van der Waals surface area contributed by atoms with E-state index < -0.39 is 0 Å². The number of thiazole rings is 1. The van der Waals surface area contributed by atoms with Crippen molar-refractivity contribution >= 4 is 22.9 Å². The molecule has 4 heteroatoms. The maximum Gasteiger partial charge on any atom is 0.107 e. The van der Waals surface area contributed by atoms with E-state index in [4.69, 9.17) is 16.6 Å². The fraction of sp³-hybridized carbons (Fsp3) is 0.400. The summed E-state index contributed by atoms with van der Waals surface area (Å²) in [5.74, 6) is 0.914. The molecule has 0 radical (unpaired) electrons. The molecule has 1 aliphatic rings. The molecule has 0 spiro atoms. The molecule has 19 heavy (non-hydrogen) atoms. The molecule has 0 atom stereocenters. The third-order valence-corrected chi connectivity index (χ3v) is 4.59. The third kappa shape index (κ3) is 3.35. The van der Waals surface area contributed by atoms with Gasteiger partial charge in [0.2, 0.25) is 0 Å². The smallest absolute Gasteiger partial charge is 0.107 e. The van der Waals surface area contributed by atoms with Gasteiger partial charge in [-0.2, -0.15) is 0 Å². The first kappa shape index (κ1) is 13.1. The van der Waals surface area contributed by atoms with Crippen molar-refractivity contribution in [2.45, 2.75) is 26.3 Å². The molecule has 1 fully saturated rings. The highest BCUT2D eigenvalue weighted by Gasteiger charge is 2.20. The van der Waals surface area contributed by atoms with Crippen LogP contribution in [0.2, 0.25) is 5.02 Å². The van der Waals surface area contributed by atoms with E-state index >= 15 is 0 Å². The number of aromatic nitrogens is 1. The summed E-state index contributed by atoms with van der Waals surface area (Å²) >= 11 is 7.70. The maximum absolute atomic E-state index is 5.92. The van der Waals surface area contributed by atoms with Crippen LogP contribution in [-0.4, -0.2) is 11.5 Å². The van der Waals surface area contributed by atoms with Crippen molar-refractivity contribution in [2.75, 3.05) is 6.54 Å². The molecular formula is C15H17ClN2S. The number of benzene rings is 1. The standard InChI is InChI=1S/C15H17ClN2S/c1-10-15(12-4-6-13(16)7-5-12)18-14(19-10)9-17-8-11-2-3-11/h4-7,11,17H,2-3,8-9H2,1H3. The van der Waals surface area contributed by atoms with Crippen molar-refractivity contribution in [3.8, 4) is 11.3 Å². The number of aryl methyl sites for hydroxylation is 1. The summed E-state index contributed by atoms with van der Waals surface area (Å²) < 4.78 is 0. The van der Waals surface area contributed by atoms with E-state index in [1.54, 1.807) is 11.3 Å². The number of rotatable bonds is 5. The van der Waals surface area contributed by atoms with Crippen LogP contribution in [0.15, 0.2) is 24.3 Å². The van der Waals surface area contributed by atoms with Crippen LogP contribution in [0, 0.1) is 12.8 Å². The second-order valence-corrected chi connectivity index (χ2v) is 6.82. The Morgan fingerprint density at radius 3 is 2.74 bits per heavy atom. The zero-order valence-electron chi connectivity index (χ0n) is 10.9. The van der Waals surface area contributed by atoms with Gasteiger partial charge in [0, 0.05) is 22.0 Å². The van der Waals surface area contributed by atoms with Crippen LogP contribution >= 0.6 is 22.9 Å². The first-order valence-electron chi connectivity index (χ1n) is 6.65. The Morgan fingerprint density at radius 2 is 2.05 bits per heavy atom. The molecule has 1 aromatic carbocycles. The summed E-state index contributed by atoms with van der Waals surface area (Å²) in [6, 6.07) is 7.90. The third-order valence-electron chi connectivity index (χ3n) is 3.36. The van der Waals surface area contributed by atoms with Crippen LogP contribution in [0.1, 0.15) is 22.7 Å². The molecule has 3 rings (SSSR count). The minimum atomic E-state index is 0.767. The molecule has 1 heterocycles. The summed E-state index contributed by atoms with van der Waals surface area (Å²) in [4.78, 5) is 6.01. The molecule has 0 saturated heterocycles. The van der Waals surface area contributed by atoms with Crippen molar-refractivity contribution in [3.05, 3.63) is 39.2 Å². The summed E-state index contributed by atoms with van der Waals surface area (Å²) in [6.45, 7) is 4.15. The van der Waals surface area contributed by atoms with E-state index in [1.807, 2.05) is 24.3 Å². The average Bonchev–Trinajstić information content (AvgIpc) is 3.14. The minimum absolute atomic E-state index is 0.767. The van der Waals surface area contributed by atoms with E-state index in [0.717, 1.165) is 35.3 Å². The highest BCUT2D eigenvalue weighted by molar-refractivity contribution is 7.12. The lowest BCUT2D eigenvalue weighted by atomic mass is 10.1. The van der Waals surface area contributed by atoms with Gasteiger partial charge in [-0.1, -0.05) is 23.7 Å². The minimum Gasteiger partial charge on any atom is -0.310 e. The molecule has 0 aliphatic heterocycles. The van der Waals surface area contributed by atoms with Crippen LogP contribution in [0.5, 0.6) is 0 Å². The van der Waals surface area contributed by atoms with E-state index in [9.17, 15) is 0 Å². The van der Waals surface area contributed by atoms with E-state index in [-0.39, 0.29) is 0 Å². The van der Waals surface area contributed by atoms with Gasteiger partial charge in [0.25, 0.3) is 0 Å². The molecule has 1 N–H and O–H groups in total. The van der Waals surface area contributed by atoms with Gasteiger partial charge in [-0.3, -0.25) is 0 Å². The van der Waals surface area contributed by atoms with E-state index in [2.05, 4.69) is 12.2 Å². The van der Waals surface area contributed by atoms with Crippen molar-refractivity contribution in [1.82, 2.24) is 10.3 Å². The molecule has 1 aliphatic carbocycles.